The van der Waals surface area contributed by atoms with E-state index in [1.165, 1.54) is 35.4 Å². The standard InChI is InChI=1S/C14H24OS/c1-5-7-8-13(6-2)10-15-14-9-11(3)16-12(14)4/h9,13H,5-8,10H2,1-4H3. The van der Waals surface area contributed by atoms with Crippen molar-refractivity contribution in [1.29, 1.82) is 0 Å². The summed E-state index contributed by atoms with van der Waals surface area (Å²) >= 11 is 1.82. The third-order valence-electron chi connectivity index (χ3n) is 3.01. The summed E-state index contributed by atoms with van der Waals surface area (Å²) in [5.41, 5.74) is 0. The molecule has 0 saturated carbocycles. The van der Waals surface area contributed by atoms with Crippen LogP contribution in [0.3, 0.4) is 0 Å². The van der Waals surface area contributed by atoms with Crippen molar-refractivity contribution in [3.05, 3.63) is 15.8 Å². The highest BCUT2D eigenvalue weighted by Crippen LogP contribution is 2.28. The zero-order valence-corrected chi connectivity index (χ0v) is 11.8. The van der Waals surface area contributed by atoms with Crippen molar-refractivity contribution in [2.45, 2.75) is 53.4 Å². The van der Waals surface area contributed by atoms with Crippen LogP contribution in [0.2, 0.25) is 0 Å². The third kappa shape index (κ3) is 4.17. The Morgan fingerprint density at radius 1 is 1.31 bits per heavy atom. The lowest BCUT2D eigenvalue weighted by molar-refractivity contribution is 0.233. The monoisotopic (exact) mass is 240 g/mol. The second-order valence-corrected chi connectivity index (χ2v) is 5.97. The third-order valence-corrected chi connectivity index (χ3v) is 3.96. The summed E-state index contributed by atoms with van der Waals surface area (Å²) < 4.78 is 5.92. The van der Waals surface area contributed by atoms with E-state index >= 15 is 0 Å². The molecular formula is C14H24OS. The Labute approximate surface area is 104 Å². The summed E-state index contributed by atoms with van der Waals surface area (Å²) in [7, 11) is 0. The molecule has 16 heavy (non-hydrogen) atoms. The van der Waals surface area contributed by atoms with Crippen molar-refractivity contribution in [2.24, 2.45) is 5.92 Å². The highest BCUT2D eigenvalue weighted by molar-refractivity contribution is 7.12. The van der Waals surface area contributed by atoms with Gasteiger partial charge in [-0.2, -0.15) is 0 Å². The molecule has 92 valence electrons. The number of ether oxygens (including phenoxy) is 1. The van der Waals surface area contributed by atoms with Crippen LogP contribution in [0.25, 0.3) is 0 Å². The fraction of sp³-hybridized carbons (Fsp3) is 0.714. The summed E-state index contributed by atoms with van der Waals surface area (Å²) in [6.07, 6.45) is 5.13. The Hall–Kier alpha value is -0.500. The van der Waals surface area contributed by atoms with Crippen LogP contribution in [-0.4, -0.2) is 6.61 Å². The minimum absolute atomic E-state index is 0.722. The van der Waals surface area contributed by atoms with E-state index in [0.29, 0.717) is 0 Å². The fourth-order valence-corrected chi connectivity index (χ4v) is 2.72. The highest BCUT2D eigenvalue weighted by atomic mass is 32.1. The molecule has 1 aromatic heterocycles. The summed E-state index contributed by atoms with van der Waals surface area (Å²) in [5.74, 6) is 1.82. The SMILES string of the molecule is CCCCC(CC)COc1cc(C)sc1C. The summed E-state index contributed by atoms with van der Waals surface area (Å²) in [6, 6.07) is 2.16. The van der Waals surface area contributed by atoms with E-state index in [1.807, 2.05) is 11.3 Å². The van der Waals surface area contributed by atoms with E-state index in [9.17, 15) is 0 Å². The van der Waals surface area contributed by atoms with E-state index in [2.05, 4.69) is 33.8 Å². The molecule has 1 heterocycles. The van der Waals surface area contributed by atoms with E-state index in [1.54, 1.807) is 0 Å². The Morgan fingerprint density at radius 2 is 2.06 bits per heavy atom. The Bertz CT molecular complexity index is 304. The predicted octanol–water partition coefficient (Wildman–Crippen LogP) is 4.96. The summed E-state index contributed by atoms with van der Waals surface area (Å²) in [4.78, 5) is 2.65. The van der Waals surface area contributed by atoms with Crippen LogP contribution in [-0.2, 0) is 0 Å². The molecule has 1 unspecified atom stereocenters. The van der Waals surface area contributed by atoms with E-state index in [0.717, 1.165) is 18.3 Å². The molecule has 2 heteroatoms. The van der Waals surface area contributed by atoms with Crippen LogP contribution in [0, 0.1) is 19.8 Å². The molecule has 0 fully saturated rings. The molecule has 1 atom stereocenters. The second-order valence-electron chi connectivity index (χ2n) is 4.50. The first-order valence-corrected chi connectivity index (χ1v) is 7.18. The van der Waals surface area contributed by atoms with Crippen molar-refractivity contribution in [2.75, 3.05) is 6.61 Å². The number of aryl methyl sites for hydroxylation is 2. The van der Waals surface area contributed by atoms with Gasteiger partial charge in [0.25, 0.3) is 0 Å². The first-order chi connectivity index (χ1) is 7.67. The van der Waals surface area contributed by atoms with Gasteiger partial charge in [-0.25, -0.2) is 0 Å². The van der Waals surface area contributed by atoms with Crippen molar-refractivity contribution in [3.63, 3.8) is 0 Å². The first kappa shape index (κ1) is 13.6. The molecular weight excluding hydrogens is 216 g/mol. The van der Waals surface area contributed by atoms with Crippen molar-refractivity contribution >= 4 is 11.3 Å². The first-order valence-electron chi connectivity index (χ1n) is 6.37. The average Bonchev–Trinajstić information content (AvgIpc) is 2.58. The summed E-state index contributed by atoms with van der Waals surface area (Å²) in [6.45, 7) is 9.67. The number of hydrogen-bond donors (Lipinski definition) is 0. The molecule has 0 N–H and O–H groups in total. The second kappa shape index (κ2) is 6.95. The van der Waals surface area contributed by atoms with Crippen molar-refractivity contribution in [3.8, 4) is 5.75 Å². The maximum absolute atomic E-state index is 5.92. The topological polar surface area (TPSA) is 9.23 Å². The van der Waals surface area contributed by atoms with E-state index in [-0.39, 0.29) is 0 Å². The highest BCUT2D eigenvalue weighted by Gasteiger charge is 2.09. The van der Waals surface area contributed by atoms with Gasteiger partial charge in [-0.1, -0.05) is 33.1 Å². The normalized spacial score (nSPS) is 12.8. The molecule has 0 amide bonds. The lowest BCUT2D eigenvalue weighted by atomic mass is 10.0. The minimum atomic E-state index is 0.722. The maximum atomic E-state index is 5.92. The molecule has 1 nitrogen and oxygen atoms in total. The van der Waals surface area contributed by atoms with Gasteiger partial charge in [0.2, 0.25) is 0 Å². The van der Waals surface area contributed by atoms with E-state index in [4.69, 9.17) is 4.74 Å². The molecule has 0 radical (unpaired) electrons. The molecule has 0 aliphatic heterocycles. The average molecular weight is 240 g/mol. The molecule has 0 aliphatic rings. The largest absolute Gasteiger partial charge is 0.492 e. The number of unbranched alkanes of at least 4 members (excludes halogenated alkanes) is 1. The van der Waals surface area contributed by atoms with Gasteiger partial charge < -0.3 is 4.74 Å². The minimum Gasteiger partial charge on any atom is -0.492 e. The van der Waals surface area contributed by atoms with Gasteiger partial charge in [0.15, 0.2) is 0 Å². The van der Waals surface area contributed by atoms with E-state index < -0.39 is 0 Å². The summed E-state index contributed by atoms with van der Waals surface area (Å²) in [5, 5.41) is 0. The number of hydrogen-bond acceptors (Lipinski definition) is 2. The Kier molecular flexibility index (Phi) is 5.89. The van der Waals surface area contributed by atoms with Gasteiger partial charge in [-0.05, 0) is 32.3 Å². The number of thiophene rings is 1. The lowest BCUT2D eigenvalue weighted by Gasteiger charge is -2.15. The van der Waals surface area contributed by atoms with Crippen LogP contribution in [0.15, 0.2) is 6.07 Å². The molecule has 0 aromatic carbocycles. The molecule has 0 saturated heterocycles. The smallest absolute Gasteiger partial charge is 0.133 e. The van der Waals surface area contributed by atoms with Gasteiger partial charge in [0, 0.05) is 9.75 Å². The number of rotatable bonds is 7. The lowest BCUT2D eigenvalue weighted by Crippen LogP contribution is -2.11. The van der Waals surface area contributed by atoms with Gasteiger partial charge in [-0.15, -0.1) is 11.3 Å². The van der Waals surface area contributed by atoms with Crippen LogP contribution in [0.1, 0.15) is 49.3 Å². The molecule has 1 aromatic rings. The van der Waals surface area contributed by atoms with Gasteiger partial charge >= 0.3 is 0 Å². The van der Waals surface area contributed by atoms with Crippen LogP contribution < -0.4 is 4.74 Å². The maximum Gasteiger partial charge on any atom is 0.133 e. The van der Waals surface area contributed by atoms with Gasteiger partial charge in [0.05, 0.1) is 6.61 Å². The Morgan fingerprint density at radius 3 is 2.56 bits per heavy atom. The van der Waals surface area contributed by atoms with Crippen LogP contribution >= 0.6 is 11.3 Å². The molecule has 0 spiro atoms. The van der Waals surface area contributed by atoms with Gasteiger partial charge in [0.1, 0.15) is 5.75 Å². The van der Waals surface area contributed by atoms with Crippen molar-refractivity contribution in [1.82, 2.24) is 0 Å². The van der Waals surface area contributed by atoms with Crippen LogP contribution in [0.4, 0.5) is 0 Å². The zero-order chi connectivity index (χ0) is 12.0. The Balaban J connectivity index is 2.39. The van der Waals surface area contributed by atoms with Crippen molar-refractivity contribution < 1.29 is 4.74 Å². The molecule has 0 aliphatic carbocycles. The molecule has 0 bridgehead atoms. The quantitative estimate of drug-likeness (QED) is 0.654. The predicted molar refractivity (Wildman–Crippen MR) is 72.6 cm³/mol. The fourth-order valence-electron chi connectivity index (χ4n) is 1.86. The van der Waals surface area contributed by atoms with Gasteiger partial charge in [-0.3, -0.25) is 0 Å². The molecule has 1 rings (SSSR count). The van der Waals surface area contributed by atoms with Crippen LogP contribution in [0.5, 0.6) is 5.75 Å². The zero-order valence-electron chi connectivity index (χ0n) is 11.0.